The lowest BCUT2D eigenvalue weighted by Crippen LogP contribution is -2.31. The molecular formula is C15H14N2O3S. The van der Waals surface area contributed by atoms with E-state index in [2.05, 4.69) is 4.98 Å². The Morgan fingerprint density at radius 1 is 1.38 bits per heavy atom. The minimum Gasteiger partial charge on any atom is -0.481 e. The van der Waals surface area contributed by atoms with E-state index in [-0.39, 0.29) is 12.5 Å². The van der Waals surface area contributed by atoms with Crippen molar-refractivity contribution in [1.29, 1.82) is 0 Å². The highest BCUT2D eigenvalue weighted by Gasteiger charge is 2.35. The van der Waals surface area contributed by atoms with Gasteiger partial charge in [0, 0.05) is 36.7 Å². The third-order valence-electron chi connectivity index (χ3n) is 3.60. The molecule has 0 radical (unpaired) electrons. The fraction of sp³-hybridized carbons (Fsp3) is 0.267. The number of aromatic nitrogens is 1. The van der Waals surface area contributed by atoms with Gasteiger partial charge in [0.1, 0.15) is 5.92 Å². The normalized spacial score (nSPS) is 16.8. The van der Waals surface area contributed by atoms with Gasteiger partial charge in [0.25, 0.3) is 0 Å². The van der Waals surface area contributed by atoms with Crippen LogP contribution in [-0.2, 0) is 16.0 Å². The second kappa shape index (κ2) is 5.65. The van der Waals surface area contributed by atoms with Crippen molar-refractivity contribution in [3.8, 4) is 0 Å². The number of thiazole rings is 1. The smallest absolute Gasteiger partial charge is 0.312 e. The number of anilines is 1. The molecule has 0 aliphatic carbocycles. The SMILES string of the molecule is O=C(O)C1CN(C(=O)CCc2nccs2)c2ccccc21. The molecule has 1 unspecified atom stereocenters. The van der Waals surface area contributed by atoms with Crippen molar-refractivity contribution in [2.24, 2.45) is 0 Å². The second-order valence-corrected chi connectivity index (χ2v) is 5.86. The highest BCUT2D eigenvalue weighted by molar-refractivity contribution is 7.09. The molecule has 1 N–H and O–H groups in total. The van der Waals surface area contributed by atoms with Crippen molar-refractivity contribution < 1.29 is 14.7 Å². The van der Waals surface area contributed by atoms with Crippen LogP contribution in [0.25, 0.3) is 0 Å². The van der Waals surface area contributed by atoms with Crippen molar-refractivity contribution in [1.82, 2.24) is 4.98 Å². The van der Waals surface area contributed by atoms with E-state index in [9.17, 15) is 14.7 Å². The van der Waals surface area contributed by atoms with E-state index < -0.39 is 11.9 Å². The molecule has 0 fully saturated rings. The van der Waals surface area contributed by atoms with Crippen LogP contribution in [0.3, 0.4) is 0 Å². The highest BCUT2D eigenvalue weighted by Crippen LogP contribution is 2.36. The van der Waals surface area contributed by atoms with E-state index in [1.165, 1.54) is 11.3 Å². The summed E-state index contributed by atoms with van der Waals surface area (Å²) in [7, 11) is 0. The van der Waals surface area contributed by atoms with Crippen LogP contribution >= 0.6 is 11.3 Å². The number of nitrogens with zero attached hydrogens (tertiary/aromatic N) is 2. The summed E-state index contributed by atoms with van der Waals surface area (Å²) in [4.78, 5) is 29.5. The minimum atomic E-state index is -0.891. The van der Waals surface area contributed by atoms with Crippen LogP contribution in [0, 0.1) is 0 Å². The lowest BCUT2D eigenvalue weighted by atomic mass is 10.0. The average Bonchev–Trinajstić information content (AvgIpc) is 3.12. The number of hydrogen-bond donors (Lipinski definition) is 1. The first kappa shape index (κ1) is 13.8. The van der Waals surface area contributed by atoms with Gasteiger partial charge in [0.2, 0.25) is 5.91 Å². The highest BCUT2D eigenvalue weighted by atomic mass is 32.1. The van der Waals surface area contributed by atoms with Gasteiger partial charge in [-0.2, -0.15) is 0 Å². The van der Waals surface area contributed by atoms with Crippen LogP contribution in [0.5, 0.6) is 0 Å². The van der Waals surface area contributed by atoms with Crippen molar-refractivity contribution in [2.45, 2.75) is 18.8 Å². The number of amides is 1. The van der Waals surface area contributed by atoms with Gasteiger partial charge in [-0.15, -0.1) is 11.3 Å². The lowest BCUT2D eigenvalue weighted by molar-refractivity contribution is -0.138. The first-order valence-electron chi connectivity index (χ1n) is 6.67. The number of carbonyl (C=O) groups is 2. The Hall–Kier alpha value is -2.21. The average molecular weight is 302 g/mol. The van der Waals surface area contributed by atoms with Crippen LogP contribution in [0.1, 0.15) is 22.9 Å². The maximum Gasteiger partial charge on any atom is 0.312 e. The predicted octanol–water partition coefficient (Wildman–Crippen LogP) is 2.29. The summed E-state index contributed by atoms with van der Waals surface area (Å²) >= 11 is 1.52. The lowest BCUT2D eigenvalue weighted by Gasteiger charge is -2.17. The number of carboxylic acids is 1. The monoisotopic (exact) mass is 302 g/mol. The van der Waals surface area contributed by atoms with Crippen LogP contribution in [0.2, 0.25) is 0 Å². The van der Waals surface area contributed by atoms with Gasteiger partial charge in [-0.05, 0) is 11.6 Å². The summed E-state index contributed by atoms with van der Waals surface area (Å²) in [6.45, 7) is 0.214. The van der Waals surface area contributed by atoms with Crippen LogP contribution < -0.4 is 4.90 Å². The molecule has 0 saturated heterocycles. The zero-order chi connectivity index (χ0) is 14.8. The van der Waals surface area contributed by atoms with Gasteiger partial charge in [0.05, 0.1) is 5.01 Å². The van der Waals surface area contributed by atoms with Gasteiger partial charge in [-0.25, -0.2) is 4.98 Å². The van der Waals surface area contributed by atoms with E-state index in [1.54, 1.807) is 29.3 Å². The van der Waals surface area contributed by atoms with Gasteiger partial charge >= 0.3 is 5.97 Å². The molecule has 108 valence electrons. The molecule has 1 amide bonds. The molecule has 1 atom stereocenters. The third-order valence-corrected chi connectivity index (χ3v) is 4.44. The zero-order valence-electron chi connectivity index (χ0n) is 11.2. The number of hydrogen-bond acceptors (Lipinski definition) is 4. The predicted molar refractivity (Wildman–Crippen MR) is 79.6 cm³/mol. The Morgan fingerprint density at radius 2 is 2.19 bits per heavy atom. The summed E-state index contributed by atoms with van der Waals surface area (Å²) in [6, 6.07) is 7.21. The Kier molecular flexibility index (Phi) is 3.70. The quantitative estimate of drug-likeness (QED) is 0.940. The first-order chi connectivity index (χ1) is 10.2. The van der Waals surface area contributed by atoms with E-state index in [0.29, 0.717) is 24.1 Å². The summed E-state index contributed by atoms with van der Waals surface area (Å²) in [5, 5.41) is 12.1. The Labute approximate surface area is 125 Å². The number of rotatable bonds is 4. The van der Waals surface area contributed by atoms with E-state index >= 15 is 0 Å². The molecule has 3 rings (SSSR count). The number of carboxylic acid groups (broad SMARTS) is 1. The Balaban J connectivity index is 1.76. The molecule has 21 heavy (non-hydrogen) atoms. The molecule has 1 aliphatic rings. The fourth-order valence-electron chi connectivity index (χ4n) is 2.58. The summed E-state index contributed by atoms with van der Waals surface area (Å²) in [5.74, 6) is -1.58. The van der Waals surface area contributed by atoms with Crippen LogP contribution in [0.4, 0.5) is 5.69 Å². The molecule has 2 aromatic rings. The van der Waals surface area contributed by atoms with Crippen molar-refractivity contribution in [3.63, 3.8) is 0 Å². The van der Waals surface area contributed by atoms with E-state index in [0.717, 1.165) is 5.01 Å². The van der Waals surface area contributed by atoms with Gasteiger partial charge in [-0.1, -0.05) is 18.2 Å². The van der Waals surface area contributed by atoms with Gasteiger partial charge < -0.3 is 10.0 Å². The topological polar surface area (TPSA) is 70.5 Å². The molecule has 6 heteroatoms. The number of aryl methyl sites for hydroxylation is 1. The molecule has 0 spiro atoms. The van der Waals surface area contributed by atoms with Crippen molar-refractivity contribution in [2.75, 3.05) is 11.4 Å². The number of fused-ring (bicyclic) bond motifs is 1. The minimum absolute atomic E-state index is 0.0543. The fourth-order valence-corrected chi connectivity index (χ4v) is 3.20. The van der Waals surface area contributed by atoms with Gasteiger partial charge in [-0.3, -0.25) is 9.59 Å². The maximum absolute atomic E-state index is 12.4. The molecule has 2 heterocycles. The molecule has 1 aromatic carbocycles. The standard InChI is InChI=1S/C15H14N2O3S/c18-14(6-5-13-16-7-8-21-13)17-9-11(15(19)20)10-3-1-2-4-12(10)17/h1-4,7-8,11H,5-6,9H2,(H,19,20). The summed E-state index contributed by atoms with van der Waals surface area (Å²) in [5.41, 5.74) is 1.43. The molecule has 1 aliphatic heterocycles. The zero-order valence-corrected chi connectivity index (χ0v) is 12.0. The maximum atomic E-state index is 12.4. The third kappa shape index (κ3) is 2.67. The van der Waals surface area contributed by atoms with E-state index in [1.807, 2.05) is 11.4 Å². The summed E-state index contributed by atoms with van der Waals surface area (Å²) < 4.78 is 0. The van der Waals surface area contributed by atoms with Crippen LogP contribution in [-0.4, -0.2) is 28.5 Å². The molecule has 0 saturated carbocycles. The van der Waals surface area contributed by atoms with Crippen molar-refractivity contribution >= 4 is 28.9 Å². The van der Waals surface area contributed by atoms with Gasteiger partial charge in [0.15, 0.2) is 0 Å². The Morgan fingerprint density at radius 3 is 2.90 bits per heavy atom. The number of aliphatic carboxylic acids is 1. The molecule has 5 nitrogen and oxygen atoms in total. The first-order valence-corrected chi connectivity index (χ1v) is 7.55. The number of para-hydroxylation sites is 1. The number of carbonyl (C=O) groups excluding carboxylic acids is 1. The second-order valence-electron chi connectivity index (χ2n) is 4.88. The Bertz CT molecular complexity index is 669. The largest absolute Gasteiger partial charge is 0.481 e. The molecule has 0 bridgehead atoms. The molecule has 1 aromatic heterocycles. The van der Waals surface area contributed by atoms with Crippen LogP contribution in [0.15, 0.2) is 35.8 Å². The van der Waals surface area contributed by atoms with Crippen molar-refractivity contribution in [3.05, 3.63) is 46.4 Å². The number of benzene rings is 1. The van der Waals surface area contributed by atoms with E-state index in [4.69, 9.17) is 0 Å². The molecular weight excluding hydrogens is 288 g/mol. The summed E-state index contributed by atoms with van der Waals surface area (Å²) in [6.07, 6.45) is 2.65.